The Hall–Kier alpha value is -3.19. The molecule has 162 valence electrons. The number of hydrogen-bond donors (Lipinski definition) is 1. The summed E-state index contributed by atoms with van der Waals surface area (Å²) in [6.45, 7) is 5.56. The van der Waals surface area contributed by atoms with E-state index < -0.39 is 18.5 Å². The van der Waals surface area contributed by atoms with Crippen molar-refractivity contribution in [2.45, 2.75) is 33.1 Å². The van der Waals surface area contributed by atoms with Crippen LogP contribution in [0.1, 0.15) is 37.8 Å². The minimum atomic E-state index is -0.607. The smallest absolute Gasteiger partial charge is 0.344 e. The maximum absolute atomic E-state index is 12.1. The molecule has 31 heavy (non-hydrogen) atoms. The van der Waals surface area contributed by atoms with E-state index >= 15 is 0 Å². The van der Waals surface area contributed by atoms with E-state index in [0.29, 0.717) is 10.9 Å². The predicted molar refractivity (Wildman–Crippen MR) is 123 cm³/mol. The third kappa shape index (κ3) is 6.39. The number of aromatic nitrogens is 1. The maximum atomic E-state index is 12.1. The lowest BCUT2D eigenvalue weighted by Gasteiger charge is -2.13. The van der Waals surface area contributed by atoms with Gasteiger partial charge in [-0.25, -0.2) is 9.78 Å². The molecule has 3 aromatic rings. The highest BCUT2D eigenvalue weighted by molar-refractivity contribution is 7.14. The molecule has 0 aliphatic rings. The molecule has 0 atom stereocenters. The fraction of sp³-hybridized carbons (Fsp3) is 0.292. The van der Waals surface area contributed by atoms with Crippen molar-refractivity contribution in [2.75, 3.05) is 18.5 Å². The van der Waals surface area contributed by atoms with Gasteiger partial charge in [0, 0.05) is 10.9 Å². The van der Waals surface area contributed by atoms with Gasteiger partial charge in [0.25, 0.3) is 5.91 Å². The third-order valence-electron chi connectivity index (χ3n) is 4.66. The first kappa shape index (κ1) is 22.5. The van der Waals surface area contributed by atoms with Crippen molar-refractivity contribution in [3.05, 3.63) is 65.0 Å². The quantitative estimate of drug-likeness (QED) is 0.473. The number of rotatable bonds is 9. The van der Waals surface area contributed by atoms with E-state index in [-0.39, 0.29) is 12.5 Å². The second kappa shape index (κ2) is 10.7. The normalized spacial score (nSPS) is 10.7. The van der Waals surface area contributed by atoms with Crippen molar-refractivity contribution < 1.29 is 19.1 Å². The van der Waals surface area contributed by atoms with Gasteiger partial charge in [-0.1, -0.05) is 63.2 Å². The molecule has 0 saturated carbocycles. The van der Waals surface area contributed by atoms with Crippen molar-refractivity contribution >= 4 is 28.3 Å². The third-order valence-corrected chi connectivity index (χ3v) is 5.42. The summed E-state index contributed by atoms with van der Waals surface area (Å²) in [4.78, 5) is 28.5. The Morgan fingerprint density at radius 3 is 2.52 bits per heavy atom. The predicted octanol–water partition coefficient (Wildman–Crippen LogP) is 5.06. The highest BCUT2D eigenvalue weighted by atomic mass is 32.1. The number of nitrogens with one attached hydrogen (secondary N) is 1. The summed E-state index contributed by atoms with van der Waals surface area (Å²) in [5.74, 6) is -0.144. The van der Waals surface area contributed by atoms with E-state index in [4.69, 9.17) is 9.47 Å². The molecule has 0 aliphatic carbocycles. The highest BCUT2D eigenvalue weighted by Gasteiger charge is 2.13. The number of para-hydroxylation sites is 1. The van der Waals surface area contributed by atoms with Gasteiger partial charge in [0.05, 0.1) is 5.69 Å². The minimum Gasteiger partial charge on any atom is -0.482 e. The number of nitrogens with zero attached hydrogens (tertiary/aromatic N) is 1. The number of anilines is 1. The van der Waals surface area contributed by atoms with Crippen LogP contribution in [0.25, 0.3) is 11.3 Å². The lowest BCUT2D eigenvalue weighted by atomic mass is 10.0. The fourth-order valence-electron chi connectivity index (χ4n) is 2.94. The van der Waals surface area contributed by atoms with E-state index in [1.54, 1.807) is 0 Å². The van der Waals surface area contributed by atoms with Gasteiger partial charge in [-0.2, -0.15) is 0 Å². The number of hydrogen-bond acceptors (Lipinski definition) is 6. The summed E-state index contributed by atoms with van der Waals surface area (Å²) in [7, 11) is 0. The largest absolute Gasteiger partial charge is 0.482 e. The summed E-state index contributed by atoms with van der Waals surface area (Å²) < 4.78 is 10.6. The first-order chi connectivity index (χ1) is 15.0. The summed E-state index contributed by atoms with van der Waals surface area (Å²) in [6.07, 6.45) is 0.979. The van der Waals surface area contributed by atoms with Crippen LogP contribution >= 0.6 is 11.3 Å². The average molecular weight is 439 g/mol. The first-order valence-corrected chi connectivity index (χ1v) is 11.1. The van der Waals surface area contributed by atoms with Gasteiger partial charge in [-0.15, -0.1) is 11.3 Å². The van der Waals surface area contributed by atoms with Gasteiger partial charge in [0.1, 0.15) is 5.75 Å². The van der Waals surface area contributed by atoms with E-state index in [2.05, 4.69) is 43.2 Å². The minimum absolute atomic E-state index is 0.258. The van der Waals surface area contributed by atoms with Crippen LogP contribution in [-0.2, 0) is 20.7 Å². The van der Waals surface area contributed by atoms with Gasteiger partial charge in [-0.05, 0) is 29.5 Å². The van der Waals surface area contributed by atoms with E-state index in [1.807, 2.05) is 41.8 Å². The Kier molecular flexibility index (Phi) is 7.78. The van der Waals surface area contributed by atoms with Crippen molar-refractivity contribution in [1.29, 1.82) is 0 Å². The molecular weight excluding hydrogens is 412 g/mol. The molecule has 6 nitrogen and oxygen atoms in total. The van der Waals surface area contributed by atoms with Crippen LogP contribution in [-0.4, -0.2) is 30.1 Å². The standard InChI is InChI=1S/C24H26N2O4S/c1-4-17-9-11-18(12-10-17)20-15-31-24(25-20)26-22(27)13-30-23(28)14-29-21-8-6-5-7-19(21)16(2)3/h5-12,15-16H,4,13-14H2,1-3H3,(H,25,26,27). The molecule has 3 rings (SSSR count). The topological polar surface area (TPSA) is 77.5 Å². The van der Waals surface area contributed by atoms with Crippen LogP contribution in [0.15, 0.2) is 53.9 Å². The summed E-state index contributed by atoms with van der Waals surface area (Å²) >= 11 is 1.32. The summed E-state index contributed by atoms with van der Waals surface area (Å²) in [5, 5.41) is 4.99. The van der Waals surface area contributed by atoms with Crippen LogP contribution < -0.4 is 10.1 Å². The van der Waals surface area contributed by atoms with Crippen molar-refractivity contribution in [3.63, 3.8) is 0 Å². The maximum Gasteiger partial charge on any atom is 0.344 e. The zero-order chi connectivity index (χ0) is 22.2. The van der Waals surface area contributed by atoms with Crippen LogP contribution in [0, 0.1) is 0 Å². The van der Waals surface area contributed by atoms with Gasteiger partial charge in [-0.3, -0.25) is 10.1 Å². The second-order valence-corrected chi connectivity index (χ2v) is 8.14. The van der Waals surface area contributed by atoms with Gasteiger partial charge < -0.3 is 9.47 Å². The molecule has 0 bridgehead atoms. The lowest BCUT2D eigenvalue weighted by molar-refractivity contribution is -0.149. The van der Waals surface area contributed by atoms with Crippen LogP contribution in [0.3, 0.4) is 0 Å². The molecule has 1 N–H and O–H groups in total. The van der Waals surface area contributed by atoms with Gasteiger partial charge >= 0.3 is 5.97 Å². The summed E-state index contributed by atoms with van der Waals surface area (Å²) in [5.41, 5.74) is 4.04. The molecule has 0 unspecified atom stereocenters. The molecule has 0 spiro atoms. The van der Waals surface area contributed by atoms with Gasteiger partial charge in [0.2, 0.25) is 0 Å². The number of ether oxygens (including phenoxy) is 2. The SMILES string of the molecule is CCc1ccc(-c2csc(NC(=O)COC(=O)COc3ccccc3C(C)C)n2)cc1. The molecule has 7 heteroatoms. The number of esters is 1. The molecule has 1 amide bonds. The molecule has 2 aromatic carbocycles. The molecular formula is C24H26N2O4S. The Balaban J connectivity index is 1.46. The Morgan fingerprint density at radius 2 is 1.81 bits per heavy atom. The number of carbonyl (C=O) groups is 2. The number of carbonyl (C=O) groups excluding carboxylic acids is 2. The van der Waals surface area contributed by atoms with Crippen molar-refractivity contribution in [1.82, 2.24) is 4.98 Å². The molecule has 0 fully saturated rings. The van der Waals surface area contributed by atoms with Crippen molar-refractivity contribution in [3.8, 4) is 17.0 Å². The number of benzene rings is 2. The number of thiazole rings is 1. The van der Waals surface area contributed by atoms with E-state index in [0.717, 1.165) is 23.2 Å². The number of amides is 1. The zero-order valence-electron chi connectivity index (χ0n) is 17.9. The van der Waals surface area contributed by atoms with Gasteiger partial charge in [0.15, 0.2) is 18.3 Å². The highest BCUT2D eigenvalue weighted by Crippen LogP contribution is 2.26. The molecule has 0 aliphatic heterocycles. The van der Waals surface area contributed by atoms with Crippen molar-refractivity contribution in [2.24, 2.45) is 0 Å². The molecule has 1 aromatic heterocycles. The second-order valence-electron chi connectivity index (χ2n) is 7.28. The zero-order valence-corrected chi connectivity index (χ0v) is 18.7. The van der Waals surface area contributed by atoms with E-state index in [1.165, 1.54) is 16.9 Å². The Labute approximate surface area is 186 Å². The van der Waals surface area contributed by atoms with E-state index in [9.17, 15) is 9.59 Å². The summed E-state index contributed by atoms with van der Waals surface area (Å²) in [6, 6.07) is 15.7. The lowest BCUT2D eigenvalue weighted by Crippen LogP contribution is -2.23. The van der Waals surface area contributed by atoms with Crippen LogP contribution in [0.5, 0.6) is 5.75 Å². The molecule has 0 radical (unpaired) electrons. The first-order valence-electron chi connectivity index (χ1n) is 10.2. The average Bonchev–Trinajstić information content (AvgIpc) is 3.24. The van der Waals surface area contributed by atoms with Crippen LogP contribution in [0.4, 0.5) is 5.13 Å². The Morgan fingerprint density at radius 1 is 1.06 bits per heavy atom. The monoisotopic (exact) mass is 438 g/mol. The van der Waals surface area contributed by atoms with Crippen LogP contribution in [0.2, 0.25) is 0 Å². The molecule has 1 heterocycles. The fourth-order valence-corrected chi connectivity index (χ4v) is 3.68. The Bertz CT molecular complexity index is 1030. The molecule has 0 saturated heterocycles. The number of aryl methyl sites for hydroxylation is 1.